The number of benzene rings is 1. The Morgan fingerprint density at radius 3 is 2.67 bits per heavy atom. The van der Waals surface area contributed by atoms with Gasteiger partial charge in [-0.25, -0.2) is 0 Å². The summed E-state index contributed by atoms with van der Waals surface area (Å²) in [5.74, 6) is 0. The van der Waals surface area contributed by atoms with Gasteiger partial charge in [0, 0.05) is 12.2 Å². The highest BCUT2D eigenvalue weighted by Crippen LogP contribution is 2.37. The maximum Gasteiger partial charge on any atom is 0.0630 e. The number of nitrogens with two attached hydrogens (primary N) is 1. The molecule has 21 heavy (non-hydrogen) atoms. The minimum absolute atomic E-state index is 0.171. The van der Waals surface area contributed by atoms with Crippen LogP contribution >= 0.6 is 0 Å². The van der Waals surface area contributed by atoms with Gasteiger partial charge in [0.1, 0.15) is 0 Å². The van der Waals surface area contributed by atoms with E-state index >= 15 is 0 Å². The number of aryl methyl sites for hydroxylation is 1. The average Bonchev–Trinajstić information content (AvgIpc) is 2.95. The van der Waals surface area contributed by atoms with Gasteiger partial charge in [0.25, 0.3) is 0 Å². The largest absolute Gasteiger partial charge is 0.330 e. The van der Waals surface area contributed by atoms with Gasteiger partial charge in [-0.2, -0.15) is 5.10 Å². The number of hydrogen-bond acceptors (Lipinski definition) is 2. The lowest BCUT2D eigenvalue weighted by molar-refractivity contribution is 0.250. The van der Waals surface area contributed by atoms with E-state index in [1.54, 1.807) is 0 Å². The molecule has 1 aromatic carbocycles. The summed E-state index contributed by atoms with van der Waals surface area (Å²) < 4.78 is 2.04. The van der Waals surface area contributed by atoms with E-state index < -0.39 is 0 Å². The second-order valence-electron chi connectivity index (χ2n) is 6.71. The average molecular weight is 283 g/mol. The van der Waals surface area contributed by atoms with Crippen molar-refractivity contribution in [3.8, 4) is 0 Å². The number of aromatic nitrogens is 2. The molecule has 3 heteroatoms. The second-order valence-corrected chi connectivity index (χ2v) is 6.71. The molecule has 0 spiro atoms. The Hall–Kier alpha value is -1.61. The second kappa shape index (κ2) is 5.64. The molecule has 1 unspecified atom stereocenters. The van der Waals surface area contributed by atoms with Gasteiger partial charge in [0.05, 0.1) is 5.69 Å². The van der Waals surface area contributed by atoms with Crippen molar-refractivity contribution in [3.05, 3.63) is 53.3 Å². The van der Waals surface area contributed by atoms with E-state index in [-0.39, 0.29) is 5.41 Å². The molecule has 0 saturated carbocycles. The molecule has 3 rings (SSSR count). The van der Waals surface area contributed by atoms with Gasteiger partial charge in [-0.15, -0.1) is 0 Å². The Labute approximate surface area is 127 Å². The summed E-state index contributed by atoms with van der Waals surface area (Å²) in [6.45, 7) is 5.05. The van der Waals surface area contributed by atoms with Crippen molar-refractivity contribution in [1.29, 1.82) is 0 Å². The van der Waals surface area contributed by atoms with Gasteiger partial charge in [-0.05, 0) is 68.7 Å². The smallest absolute Gasteiger partial charge is 0.0630 e. The molecule has 0 saturated heterocycles. The van der Waals surface area contributed by atoms with Gasteiger partial charge < -0.3 is 5.73 Å². The van der Waals surface area contributed by atoms with Crippen molar-refractivity contribution in [2.45, 2.75) is 45.6 Å². The van der Waals surface area contributed by atoms with Crippen molar-refractivity contribution < 1.29 is 0 Å². The maximum atomic E-state index is 6.18. The summed E-state index contributed by atoms with van der Waals surface area (Å²) in [7, 11) is 0. The van der Waals surface area contributed by atoms with E-state index in [4.69, 9.17) is 10.8 Å². The molecule has 0 fully saturated rings. The first-order valence-corrected chi connectivity index (χ1v) is 7.93. The number of hydrogen-bond donors (Lipinski definition) is 1. The fraction of sp³-hybridized carbons (Fsp3) is 0.500. The molecule has 1 aliphatic carbocycles. The first-order valence-electron chi connectivity index (χ1n) is 7.93. The third-order valence-electron chi connectivity index (χ3n) is 4.79. The van der Waals surface area contributed by atoms with Crippen LogP contribution < -0.4 is 5.73 Å². The van der Waals surface area contributed by atoms with Gasteiger partial charge in [0.15, 0.2) is 0 Å². The normalized spacial score (nSPS) is 21.5. The van der Waals surface area contributed by atoms with Crippen LogP contribution in [0.4, 0.5) is 0 Å². The van der Waals surface area contributed by atoms with Crippen LogP contribution in [0, 0.1) is 5.41 Å². The predicted molar refractivity (Wildman–Crippen MR) is 86.3 cm³/mol. The highest BCUT2D eigenvalue weighted by Gasteiger charge is 2.34. The monoisotopic (exact) mass is 283 g/mol. The zero-order valence-corrected chi connectivity index (χ0v) is 13.0. The lowest BCUT2D eigenvalue weighted by atomic mass is 9.69. The van der Waals surface area contributed by atoms with E-state index in [0.717, 1.165) is 32.2 Å². The highest BCUT2D eigenvalue weighted by atomic mass is 15.3. The molecular weight excluding hydrogens is 258 g/mol. The number of fused-ring (bicyclic) bond motifs is 1. The van der Waals surface area contributed by atoms with Crippen LogP contribution in [0.2, 0.25) is 0 Å². The first kappa shape index (κ1) is 14.3. The lowest BCUT2D eigenvalue weighted by Gasteiger charge is -2.37. The molecule has 2 N–H and O–H groups in total. The number of rotatable bonds is 4. The van der Waals surface area contributed by atoms with Gasteiger partial charge in [-0.1, -0.05) is 24.3 Å². The van der Waals surface area contributed by atoms with E-state index in [1.165, 1.54) is 16.8 Å². The van der Waals surface area contributed by atoms with E-state index in [2.05, 4.69) is 50.4 Å². The fourth-order valence-corrected chi connectivity index (χ4v) is 3.41. The van der Waals surface area contributed by atoms with Crippen molar-refractivity contribution in [2.24, 2.45) is 11.1 Å². The molecule has 1 aliphatic rings. The Morgan fingerprint density at radius 2 is 2.00 bits per heavy atom. The zero-order valence-electron chi connectivity index (χ0n) is 13.0. The Kier molecular flexibility index (Phi) is 3.85. The Balaban J connectivity index is 1.81. The standard InChI is InChI=1S/C18H25N3/c1-14(2)21-10-8-17(20-21)12-18(13-19)9-7-15-5-3-4-6-16(15)11-18/h3-6,8,10,14H,7,9,11-13,19H2,1-2H3. The van der Waals surface area contributed by atoms with Crippen molar-refractivity contribution >= 4 is 0 Å². The molecule has 1 aromatic heterocycles. The summed E-state index contributed by atoms with van der Waals surface area (Å²) in [6, 6.07) is 11.4. The minimum Gasteiger partial charge on any atom is -0.330 e. The van der Waals surface area contributed by atoms with E-state index in [9.17, 15) is 0 Å². The van der Waals surface area contributed by atoms with E-state index in [0.29, 0.717) is 6.04 Å². The van der Waals surface area contributed by atoms with Gasteiger partial charge >= 0.3 is 0 Å². The van der Waals surface area contributed by atoms with Gasteiger partial charge in [0.2, 0.25) is 0 Å². The predicted octanol–water partition coefficient (Wildman–Crippen LogP) is 3.14. The maximum absolute atomic E-state index is 6.18. The third-order valence-corrected chi connectivity index (χ3v) is 4.79. The van der Waals surface area contributed by atoms with Crippen LogP contribution in [0.5, 0.6) is 0 Å². The van der Waals surface area contributed by atoms with Crippen molar-refractivity contribution in [1.82, 2.24) is 9.78 Å². The van der Waals surface area contributed by atoms with Crippen LogP contribution in [-0.2, 0) is 19.3 Å². The zero-order chi connectivity index (χ0) is 14.9. The van der Waals surface area contributed by atoms with Crippen LogP contribution in [-0.4, -0.2) is 16.3 Å². The van der Waals surface area contributed by atoms with Crippen LogP contribution in [0.25, 0.3) is 0 Å². The molecule has 2 aromatic rings. The van der Waals surface area contributed by atoms with Crippen molar-refractivity contribution in [3.63, 3.8) is 0 Å². The SMILES string of the molecule is CC(C)n1ccc(CC2(CN)CCc3ccccc3C2)n1. The molecule has 112 valence electrons. The van der Waals surface area contributed by atoms with Crippen molar-refractivity contribution in [2.75, 3.05) is 6.54 Å². The molecule has 0 aliphatic heterocycles. The van der Waals surface area contributed by atoms with Crippen LogP contribution in [0.3, 0.4) is 0 Å². The molecule has 1 atom stereocenters. The lowest BCUT2D eigenvalue weighted by Crippen LogP contribution is -2.38. The number of nitrogens with zero attached hydrogens (tertiary/aromatic N) is 2. The van der Waals surface area contributed by atoms with E-state index in [1.807, 2.05) is 4.68 Å². The summed E-state index contributed by atoms with van der Waals surface area (Å²) in [6.07, 6.45) is 6.44. The Bertz CT molecular complexity index is 614. The summed E-state index contributed by atoms with van der Waals surface area (Å²) in [4.78, 5) is 0. The summed E-state index contributed by atoms with van der Waals surface area (Å²) in [5, 5.41) is 4.71. The Morgan fingerprint density at radius 1 is 1.24 bits per heavy atom. The van der Waals surface area contributed by atoms with Crippen LogP contribution in [0.1, 0.15) is 43.1 Å². The highest BCUT2D eigenvalue weighted by molar-refractivity contribution is 5.31. The van der Waals surface area contributed by atoms with Gasteiger partial charge in [-0.3, -0.25) is 4.68 Å². The fourth-order valence-electron chi connectivity index (χ4n) is 3.41. The molecule has 1 heterocycles. The minimum atomic E-state index is 0.171. The molecule has 0 amide bonds. The molecule has 0 radical (unpaired) electrons. The molecule has 3 nitrogen and oxygen atoms in total. The summed E-state index contributed by atoms with van der Waals surface area (Å²) >= 11 is 0. The third kappa shape index (κ3) is 2.88. The topological polar surface area (TPSA) is 43.8 Å². The summed E-state index contributed by atoms with van der Waals surface area (Å²) in [5.41, 5.74) is 10.5. The quantitative estimate of drug-likeness (QED) is 0.937. The first-order chi connectivity index (χ1) is 10.1. The molecule has 0 bridgehead atoms. The van der Waals surface area contributed by atoms with Crippen LogP contribution in [0.15, 0.2) is 36.5 Å². The molecular formula is C18H25N3.